The second-order valence-electron chi connectivity index (χ2n) is 3.26. The topological polar surface area (TPSA) is 26.3 Å². The normalized spacial score (nSPS) is 8.86. The Hall–Kier alpha value is -0.530. The van der Waals surface area contributed by atoms with Crippen LogP contribution >= 0.6 is 0 Å². The quantitative estimate of drug-likeness (QED) is 0.482. The van der Waals surface area contributed by atoms with Crippen LogP contribution in [0.4, 0.5) is 0 Å². The molecule has 0 saturated carbocycles. The SMILES string of the molecule is CCCC(=O)OCC.CCCCCC. The van der Waals surface area contributed by atoms with E-state index < -0.39 is 0 Å². The Morgan fingerprint density at radius 3 is 1.71 bits per heavy atom. The van der Waals surface area contributed by atoms with Gasteiger partial charge in [0.15, 0.2) is 0 Å². The van der Waals surface area contributed by atoms with Crippen molar-refractivity contribution in [2.45, 2.75) is 66.2 Å². The van der Waals surface area contributed by atoms with Crippen LogP contribution in [-0.2, 0) is 9.53 Å². The molecule has 0 spiro atoms. The van der Waals surface area contributed by atoms with E-state index in [0.717, 1.165) is 6.42 Å². The van der Waals surface area contributed by atoms with E-state index in [2.05, 4.69) is 18.6 Å². The van der Waals surface area contributed by atoms with Gasteiger partial charge in [-0.1, -0.05) is 46.5 Å². The Morgan fingerprint density at radius 1 is 0.929 bits per heavy atom. The summed E-state index contributed by atoms with van der Waals surface area (Å²) in [5.41, 5.74) is 0. The molecule has 0 amide bonds. The summed E-state index contributed by atoms with van der Waals surface area (Å²) in [4.78, 5) is 10.4. The summed E-state index contributed by atoms with van der Waals surface area (Å²) in [5, 5.41) is 0. The van der Waals surface area contributed by atoms with Crippen molar-refractivity contribution < 1.29 is 9.53 Å². The first kappa shape index (κ1) is 15.9. The second-order valence-corrected chi connectivity index (χ2v) is 3.26. The largest absolute Gasteiger partial charge is 0.466 e. The van der Waals surface area contributed by atoms with Crippen LogP contribution in [0, 0.1) is 0 Å². The molecule has 2 heteroatoms. The molecule has 0 aliphatic heterocycles. The molecule has 0 aromatic carbocycles. The summed E-state index contributed by atoms with van der Waals surface area (Å²) < 4.78 is 4.64. The monoisotopic (exact) mass is 202 g/mol. The standard InChI is InChI=1S/C6H12O2.C6H14/c1-3-5-6(7)8-4-2;1-3-5-6-4-2/h3-5H2,1-2H3;3-6H2,1-2H3. The highest BCUT2D eigenvalue weighted by atomic mass is 16.5. The van der Waals surface area contributed by atoms with Gasteiger partial charge in [-0.15, -0.1) is 0 Å². The maximum atomic E-state index is 10.4. The van der Waals surface area contributed by atoms with Crippen LogP contribution in [-0.4, -0.2) is 12.6 Å². The van der Waals surface area contributed by atoms with Crippen LogP contribution in [0.3, 0.4) is 0 Å². The predicted molar refractivity (Wildman–Crippen MR) is 61.4 cm³/mol. The fraction of sp³-hybridized carbons (Fsp3) is 0.917. The van der Waals surface area contributed by atoms with Crippen molar-refractivity contribution in [2.24, 2.45) is 0 Å². The Labute approximate surface area is 89.0 Å². The molecule has 2 nitrogen and oxygen atoms in total. The van der Waals surface area contributed by atoms with Crippen molar-refractivity contribution in [1.82, 2.24) is 0 Å². The van der Waals surface area contributed by atoms with E-state index >= 15 is 0 Å². The number of carbonyl (C=O) groups is 1. The van der Waals surface area contributed by atoms with Crippen LogP contribution in [0.1, 0.15) is 66.2 Å². The molecule has 0 radical (unpaired) electrons. The van der Waals surface area contributed by atoms with Crippen LogP contribution in [0.2, 0.25) is 0 Å². The van der Waals surface area contributed by atoms with Gasteiger partial charge in [0.05, 0.1) is 6.61 Å². The van der Waals surface area contributed by atoms with Gasteiger partial charge in [-0.25, -0.2) is 0 Å². The zero-order valence-electron chi connectivity index (χ0n) is 10.3. The van der Waals surface area contributed by atoms with E-state index in [9.17, 15) is 4.79 Å². The molecule has 0 aliphatic carbocycles. The van der Waals surface area contributed by atoms with E-state index in [1.54, 1.807) is 0 Å². The fourth-order valence-corrected chi connectivity index (χ4v) is 0.937. The number of unbranched alkanes of at least 4 members (excludes halogenated alkanes) is 3. The number of hydrogen-bond donors (Lipinski definition) is 0. The van der Waals surface area contributed by atoms with Crippen molar-refractivity contribution >= 4 is 5.97 Å². The smallest absolute Gasteiger partial charge is 0.305 e. The van der Waals surface area contributed by atoms with Crippen LogP contribution in [0.15, 0.2) is 0 Å². The van der Waals surface area contributed by atoms with E-state index in [1.165, 1.54) is 25.7 Å². The number of rotatable bonds is 6. The maximum Gasteiger partial charge on any atom is 0.305 e. The Morgan fingerprint density at radius 2 is 1.43 bits per heavy atom. The summed E-state index contributed by atoms with van der Waals surface area (Å²) in [6.45, 7) is 8.73. The molecule has 0 heterocycles. The van der Waals surface area contributed by atoms with Gasteiger partial charge in [0.1, 0.15) is 0 Å². The average molecular weight is 202 g/mol. The first-order valence-electron chi connectivity index (χ1n) is 5.88. The first-order chi connectivity index (χ1) is 6.72. The zero-order valence-corrected chi connectivity index (χ0v) is 10.3. The summed E-state index contributed by atoms with van der Waals surface area (Å²) in [6, 6.07) is 0. The van der Waals surface area contributed by atoms with Gasteiger partial charge in [0.25, 0.3) is 0 Å². The number of esters is 1. The lowest BCUT2D eigenvalue weighted by Gasteiger charge is -1.96. The summed E-state index contributed by atoms with van der Waals surface area (Å²) in [5.74, 6) is -0.0880. The molecular weight excluding hydrogens is 176 g/mol. The lowest BCUT2D eigenvalue weighted by Crippen LogP contribution is -2.01. The minimum absolute atomic E-state index is 0.0880. The van der Waals surface area contributed by atoms with Crippen molar-refractivity contribution in [3.05, 3.63) is 0 Å². The van der Waals surface area contributed by atoms with E-state index in [-0.39, 0.29) is 5.97 Å². The zero-order chi connectivity index (χ0) is 11.2. The molecule has 0 aromatic rings. The van der Waals surface area contributed by atoms with Gasteiger partial charge in [0.2, 0.25) is 0 Å². The predicted octanol–water partition coefficient (Wildman–Crippen LogP) is 3.94. The lowest BCUT2D eigenvalue weighted by molar-refractivity contribution is -0.143. The van der Waals surface area contributed by atoms with E-state index in [1.807, 2.05) is 13.8 Å². The van der Waals surface area contributed by atoms with Crippen LogP contribution < -0.4 is 0 Å². The minimum atomic E-state index is -0.0880. The summed E-state index contributed by atoms with van der Waals surface area (Å²) in [7, 11) is 0. The van der Waals surface area contributed by atoms with E-state index in [4.69, 9.17) is 0 Å². The number of carbonyl (C=O) groups excluding carboxylic acids is 1. The minimum Gasteiger partial charge on any atom is -0.466 e. The highest BCUT2D eigenvalue weighted by molar-refractivity contribution is 5.69. The Kier molecular flexibility index (Phi) is 17.0. The van der Waals surface area contributed by atoms with Gasteiger partial charge in [0, 0.05) is 6.42 Å². The van der Waals surface area contributed by atoms with Gasteiger partial charge in [-0.3, -0.25) is 4.79 Å². The molecule has 0 bridgehead atoms. The molecule has 0 saturated heterocycles. The molecule has 0 aliphatic rings. The van der Waals surface area contributed by atoms with Crippen LogP contribution in [0.25, 0.3) is 0 Å². The highest BCUT2D eigenvalue weighted by Crippen LogP contribution is 1.95. The van der Waals surface area contributed by atoms with Crippen molar-refractivity contribution in [3.8, 4) is 0 Å². The molecule has 0 fully saturated rings. The lowest BCUT2D eigenvalue weighted by atomic mass is 10.2. The number of ether oxygens (including phenoxy) is 1. The third-order valence-corrected chi connectivity index (χ3v) is 1.72. The third-order valence-electron chi connectivity index (χ3n) is 1.72. The molecule has 14 heavy (non-hydrogen) atoms. The highest BCUT2D eigenvalue weighted by Gasteiger charge is 1.95. The molecule has 0 atom stereocenters. The van der Waals surface area contributed by atoms with Crippen molar-refractivity contribution in [2.75, 3.05) is 6.61 Å². The third kappa shape index (κ3) is 17.5. The van der Waals surface area contributed by atoms with Gasteiger partial charge in [-0.2, -0.15) is 0 Å². The van der Waals surface area contributed by atoms with Crippen molar-refractivity contribution in [1.29, 1.82) is 0 Å². The molecule has 0 rings (SSSR count). The average Bonchev–Trinajstić information content (AvgIpc) is 2.16. The first-order valence-corrected chi connectivity index (χ1v) is 5.88. The number of hydrogen-bond acceptors (Lipinski definition) is 2. The summed E-state index contributed by atoms with van der Waals surface area (Å²) >= 11 is 0. The molecule has 0 unspecified atom stereocenters. The van der Waals surface area contributed by atoms with Crippen molar-refractivity contribution in [3.63, 3.8) is 0 Å². The van der Waals surface area contributed by atoms with Gasteiger partial charge < -0.3 is 4.74 Å². The van der Waals surface area contributed by atoms with Gasteiger partial charge in [-0.05, 0) is 13.3 Å². The Bertz CT molecular complexity index is 98.9. The molecular formula is C12H26O2. The molecule has 0 aromatic heterocycles. The molecule has 0 N–H and O–H groups in total. The summed E-state index contributed by atoms with van der Waals surface area (Å²) in [6.07, 6.45) is 6.96. The molecule has 86 valence electrons. The maximum absolute atomic E-state index is 10.4. The van der Waals surface area contributed by atoms with Crippen LogP contribution in [0.5, 0.6) is 0 Å². The van der Waals surface area contributed by atoms with Gasteiger partial charge >= 0.3 is 5.97 Å². The Balaban J connectivity index is 0. The van der Waals surface area contributed by atoms with E-state index in [0.29, 0.717) is 13.0 Å². The second kappa shape index (κ2) is 15.0. The fourth-order valence-electron chi connectivity index (χ4n) is 0.937.